The van der Waals surface area contributed by atoms with E-state index in [1.165, 1.54) is 27.7 Å². The molecule has 2 heterocycles. The lowest BCUT2D eigenvalue weighted by atomic mass is 9.99. The molecular formula is C25H24Cl2N2O. The molecule has 1 aliphatic rings. The van der Waals surface area contributed by atoms with Crippen LogP contribution >= 0.6 is 23.2 Å². The van der Waals surface area contributed by atoms with Gasteiger partial charge in [-0.1, -0.05) is 59.6 Å². The van der Waals surface area contributed by atoms with E-state index in [9.17, 15) is 0 Å². The summed E-state index contributed by atoms with van der Waals surface area (Å²) in [5.41, 5.74) is 5.52. The van der Waals surface area contributed by atoms with Crippen LogP contribution in [0.4, 0.5) is 0 Å². The molecule has 30 heavy (non-hydrogen) atoms. The van der Waals surface area contributed by atoms with Crippen molar-refractivity contribution in [1.29, 1.82) is 0 Å². The van der Waals surface area contributed by atoms with E-state index in [1.54, 1.807) is 6.07 Å². The maximum Gasteiger partial charge on any atom is 0.145 e. The Labute approximate surface area is 186 Å². The zero-order valence-corrected chi connectivity index (χ0v) is 18.2. The van der Waals surface area contributed by atoms with E-state index >= 15 is 0 Å². The number of rotatable bonds is 5. The Morgan fingerprint density at radius 3 is 2.63 bits per heavy atom. The van der Waals surface area contributed by atoms with Gasteiger partial charge >= 0.3 is 0 Å². The summed E-state index contributed by atoms with van der Waals surface area (Å²) in [6.45, 7) is 2.69. The number of hydrogen-bond acceptors (Lipinski definition) is 2. The summed E-state index contributed by atoms with van der Waals surface area (Å²) in [5.74, 6) is 0.719. The highest BCUT2D eigenvalue weighted by atomic mass is 35.5. The third kappa shape index (κ3) is 3.66. The number of aryl methyl sites for hydroxylation is 1. The molecule has 1 aromatic heterocycles. The molecule has 3 aromatic carbocycles. The SMILES string of the molecule is Clc1cc(Cl)c2ccccc2c1OCCCc1cccc2[nH]c3c(c12)CCNCC3. The largest absolute Gasteiger partial charge is 0.491 e. The van der Waals surface area contributed by atoms with E-state index in [4.69, 9.17) is 27.9 Å². The van der Waals surface area contributed by atoms with Gasteiger partial charge < -0.3 is 15.0 Å². The molecule has 0 saturated heterocycles. The Morgan fingerprint density at radius 1 is 0.900 bits per heavy atom. The van der Waals surface area contributed by atoms with Gasteiger partial charge in [-0.15, -0.1) is 0 Å². The molecular weight excluding hydrogens is 415 g/mol. The fraction of sp³-hybridized carbons (Fsp3) is 0.280. The highest BCUT2D eigenvalue weighted by molar-refractivity contribution is 6.39. The molecule has 5 rings (SSSR count). The number of ether oxygens (including phenoxy) is 1. The Balaban J connectivity index is 1.34. The fourth-order valence-corrected chi connectivity index (χ4v) is 5.15. The lowest BCUT2D eigenvalue weighted by molar-refractivity contribution is 0.315. The first-order chi connectivity index (χ1) is 14.7. The van der Waals surface area contributed by atoms with Gasteiger partial charge in [0.05, 0.1) is 16.7 Å². The van der Waals surface area contributed by atoms with Crippen molar-refractivity contribution in [3.05, 3.63) is 75.4 Å². The smallest absolute Gasteiger partial charge is 0.145 e. The summed E-state index contributed by atoms with van der Waals surface area (Å²) in [6, 6.07) is 16.3. The first-order valence-electron chi connectivity index (χ1n) is 10.5. The van der Waals surface area contributed by atoms with Gasteiger partial charge in [-0.3, -0.25) is 0 Å². The van der Waals surface area contributed by atoms with E-state index in [-0.39, 0.29) is 0 Å². The van der Waals surface area contributed by atoms with Crippen LogP contribution in [0.5, 0.6) is 5.75 Å². The van der Waals surface area contributed by atoms with E-state index < -0.39 is 0 Å². The maximum atomic E-state index is 6.44. The predicted octanol–water partition coefficient (Wildman–Crippen LogP) is 6.33. The van der Waals surface area contributed by atoms with Crippen molar-refractivity contribution < 1.29 is 4.74 Å². The number of hydrogen-bond donors (Lipinski definition) is 2. The van der Waals surface area contributed by atoms with Crippen LogP contribution in [-0.2, 0) is 19.3 Å². The predicted molar refractivity (Wildman–Crippen MR) is 126 cm³/mol. The minimum absolute atomic E-state index is 0.559. The molecule has 0 bridgehead atoms. The number of benzene rings is 3. The Hall–Kier alpha value is -2.20. The van der Waals surface area contributed by atoms with Crippen LogP contribution in [-0.4, -0.2) is 24.7 Å². The lowest BCUT2D eigenvalue weighted by Gasteiger charge is -2.13. The van der Waals surface area contributed by atoms with Gasteiger partial charge in [0.2, 0.25) is 0 Å². The minimum atomic E-state index is 0.559. The molecule has 4 aromatic rings. The van der Waals surface area contributed by atoms with Gasteiger partial charge in [-0.25, -0.2) is 0 Å². The summed E-state index contributed by atoms with van der Waals surface area (Å²) in [4.78, 5) is 3.64. The molecule has 0 spiro atoms. The Kier molecular flexibility index (Phi) is 5.60. The molecule has 0 radical (unpaired) electrons. The quantitative estimate of drug-likeness (QED) is 0.357. The van der Waals surface area contributed by atoms with Crippen molar-refractivity contribution in [2.75, 3.05) is 19.7 Å². The molecule has 0 unspecified atom stereocenters. The van der Waals surface area contributed by atoms with E-state index in [1.807, 2.05) is 24.3 Å². The van der Waals surface area contributed by atoms with Crippen LogP contribution in [0.25, 0.3) is 21.7 Å². The van der Waals surface area contributed by atoms with Crippen LogP contribution in [0, 0.1) is 0 Å². The van der Waals surface area contributed by atoms with Crippen LogP contribution in [0.3, 0.4) is 0 Å². The average molecular weight is 439 g/mol. The molecule has 0 fully saturated rings. The summed E-state index contributed by atoms with van der Waals surface area (Å²) >= 11 is 12.8. The molecule has 1 aliphatic heterocycles. The molecule has 0 atom stereocenters. The number of H-pyrrole nitrogens is 1. The number of nitrogens with one attached hydrogen (secondary N) is 2. The minimum Gasteiger partial charge on any atom is -0.491 e. The number of halogens is 2. The summed E-state index contributed by atoms with van der Waals surface area (Å²) in [7, 11) is 0. The van der Waals surface area contributed by atoms with Crippen LogP contribution in [0.2, 0.25) is 10.0 Å². The van der Waals surface area contributed by atoms with Gasteiger partial charge in [-0.2, -0.15) is 0 Å². The molecule has 3 nitrogen and oxygen atoms in total. The van der Waals surface area contributed by atoms with Crippen molar-refractivity contribution in [3.63, 3.8) is 0 Å². The second-order valence-electron chi connectivity index (χ2n) is 7.84. The molecule has 2 N–H and O–H groups in total. The van der Waals surface area contributed by atoms with Gasteiger partial charge in [0, 0.05) is 40.3 Å². The zero-order chi connectivity index (χ0) is 20.5. The lowest BCUT2D eigenvalue weighted by Crippen LogP contribution is -2.16. The average Bonchev–Trinajstić information content (AvgIpc) is 2.95. The van der Waals surface area contributed by atoms with Crippen molar-refractivity contribution >= 4 is 44.9 Å². The fourth-order valence-electron chi connectivity index (χ4n) is 4.56. The van der Waals surface area contributed by atoms with E-state index in [0.717, 1.165) is 55.3 Å². The third-order valence-electron chi connectivity index (χ3n) is 5.94. The summed E-state index contributed by atoms with van der Waals surface area (Å²) in [5, 5.41) is 8.04. The third-order valence-corrected chi connectivity index (χ3v) is 6.54. The Morgan fingerprint density at radius 2 is 1.73 bits per heavy atom. The van der Waals surface area contributed by atoms with Gasteiger partial charge in [-0.05, 0) is 49.1 Å². The monoisotopic (exact) mass is 438 g/mol. The number of fused-ring (bicyclic) bond motifs is 4. The van der Waals surface area contributed by atoms with Crippen LogP contribution < -0.4 is 10.1 Å². The first-order valence-corrected chi connectivity index (χ1v) is 11.3. The maximum absolute atomic E-state index is 6.44. The topological polar surface area (TPSA) is 37.0 Å². The van der Waals surface area contributed by atoms with Crippen molar-refractivity contribution in [3.8, 4) is 5.75 Å². The second kappa shape index (κ2) is 8.50. The van der Waals surface area contributed by atoms with Gasteiger partial charge in [0.1, 0.15) is 5.75 Å². The molecule has 0 aliphatic carbocycles. The molecule has 5 heteroatoms. The highest BCUT2D eigenvalue weighted by Crippen LogP contribution is 2.38. The molecule has 154 valence electrons. The standard InChI is InChI=1S/C25H24Cl2N2O/c26-20-15-21(27)25(18-8-2-1-7-17(18)20)30-14-4-6-16-5-3-9-23-24(16)19-10-12-28-13-11-22(19)29-23/h1-3,5,7-9,15,28-29H,4,6,10-14H2. The first kappa shape index (κ1) is 19.7. The highest BCUT2D eigenvalue weighted by Gasteiger charge is 2.16. The number of aromatic amines is 1. The van der Waals surface area contributed by atoms with Gasteiger partial charge in [0.25, 0.3) is 0 Å². The summed E-state index contributed by atoms with van der Waals surface area (Å²) in [6.07, 6.45) is 4.03. The van der Waals surface area contributed by atoms with Gasteiger partial charge in [0.15, 0.2) is 0 Å². The normalized spacial score (nSPS) is 14.1. The van der Waals surface area contributed by atoms with Crippen molar-refractivity contribution in [2.24, 2.45) is 0 Å². The Bertz CT molecular complexity index is 1210. The molecule has 0 amide bonds. The van der Waals surface area contributed by atoms with E-state index in [0.29, 0.717) is 16.7 Å². The number of aromatic nitrogens is 1. The second-order valence-corrected chi connectivity index (χ2v) is 8.65. The van der Waals surface area contributed by atoms with Crippen molar-refractivity contribution in [1.82, 2.24) is 10.3 Å². The van der Waals surface area contributed by atoms with E-state index in [2.05, 4.69) is 28.5 Å². The van der Waals surface area contributed by atoms with Crippen LogP contribution in [0.1, 0.15) is 23.2 Å². The van der Waals surface area contributed by atoms with Crippen LogP contribution in [0.15, 0.2) is 48.5 Å². The zero-order valence-electron chi connectivity index (χ0n) is 16.7. The van der Waals surface area contributed by atoms with Crippen molar-refractivity contribution in [2.45, 2.75) is 25.7 Å². The molecule has 0 saturated carbocycles. The summed E-state index contributed by atoms with van der Waals surface area (Å²) < 4.78 is 6.14.